The van der Waals surface area contributed by atoms with Gasteiger partial charge < -0.3 is 10.2 Å². The fourth-order valence-corrected chi connectivity index (χ4v) is 3.79. The van der Waals surface area contributed by atoms with E-state index in [4.69, 9.17) is 0 Å². The van der Waals surface area contributed by atoms with Gasteiger partial charge in [0.15, 0.2) is 5.13 Å². The Bertz CT molecular complexity index is 776. The topological polar surface area (TPSA) is 62.3 Å². The molecule has 1 N–H and O–H groups in total. The summed E-state index contributed by atoms with van der Waals surface area (Å²) in [7, 11) is 0. The Morgan fingerprint density at radius 1 is 1.39 bits per heavy atom. The van der Waals surface area contributed by atoms with E-state index in [1.165, 1.54) is 16.9 Å². The second-order valence-corrected chi connectivity index (χ2v) is 8.09. The van der Waals surface area contributed by atoms with Gasteiger partial charge >= 0.3 is 0 Å². The molecule has 1 aromatic heterocycles. The first-order chi connectivity index (χ1) is 10.7. The van der Waals surface area contributed by atoms with Gasteiger partial charge in [0, 0.05) is 18.5 Å². The van der Waals surface area contributed by atoms with Gasteiger partial charge in [-0.2, -0.15) is 0 Å². The van der Waals surface area contributed by atoms with Crippen LogP contribution in [-0.2, 0) is 9.59 Å². The van der Waals surface area contributed by atoms with Crippen LogP contribution in [0.5, 0.6) is 0 Å². The van der Waals surface area contributed by atoms with Gasteiger partial charge in [-0.1, -0.05) is 17.4 Å². The molecule has 1 aliphatic heterocycles. The molecule has 0 radical (unpaired) electrons. The van der Waals surface area contributed by atoms with E-state index in [2.05, 4.69) is 16.4 Å². The second-order valence-electron chi connectivity index (χ2n) is 7.06. The molecule has 0 saturated carbocycles. The van der Waals surface area contributed by atoms with Crippen molar-refractivity contribution in [1.29, 1.82) is 0 Å². The summed E-state index contributed by atoms with van der Waals surface area (Å²) >= 11 is 1.46. The normalized spacial score (nSPS) is 18.7. The van der Waals surface area contributed by atoms with Gasteiger partial charge in [-0.3, -0.25) is 9.59 Å². The Kier molecular flexibility index (Phi) is 3.88. The zero-order chi connectivity index (χ0) is 16.8. The van der Waals surface area contributed by atoms with Crippen LogP contribution in [0.2, 0.25) is 0 Å². The van der Waals surface area contributed by atoms with Crippen molar-refractivity contribution >= 4 is 38.5 Å². The fraction of sp³-hybridized carbons (Fsp3) is 0.471. The summed E-state index contributed by atoms with van der Waals surface area (Å²) in [5.74, 6) is -0.395. The molecule has 2 heterocycles. The van der Waals surface area contributed by atoms with Crippen molar-refractivity contribution in [1.82, 2.24) is 9.88 Å². The first kappa shape index (κ1) is 15.9. The van der Waals surface area contributed by atoms with E-state index >= 15 is 0 Å². The molecular weight excluding hydrogens is 310 g/mol. The zero-order valence-electron chi connectivity index (χ0n) is 13.8. The Labute approximate surface area is 139 Å². The van der Waals surface area contributed by atoms with Gasteiger partial charge in [0.05, 0.1) is 16.1 Å². The van der Waals surface area contributed by atoms with E-state index < -0.39 is 0 Å². The molecule has 5 nitrogen and oxygen atoms in total. The molecule has 0 bridgehead atoms. The maximum atomic E-state index is 12.5. The van der Waals surface area contributed by atoms with Crippen LogP contribution in [0.15, 0.2) is 18.2 Å². The second kappa shape index (κ2) is 5.60. The Morgan fingerprint density at radius 3 is 2.78 bits per heavy atom. The van der Waals surface area contributed by atoms with Crippen molar-refractivity contribution in [3.05, 3.63) is 23.8 Å². The number of amides is 2. The van der Waals surface area contributed by atoms with Crippen molar-refractivity contribution in [2.24, 2.45) is 5.92 Å². The number of carbonyl (C=O) groups excluding carboxylic acids is 2. The summed E-state index contributed by atoms with van der Waals surface area (Å²) in [4.78, 5) is 30.8. The van der Waals surface area contributed by atoms with Crippen LogP contribution in [0.1, 0.15) is 32.8 Å². The number of nitrogens with one attached hydrogen (secondary N) is 1. The number of hydrogen-bond acceptors (Lipinski definition) is 4. The van der Waals surface area contributed by atoms with E-state index in [9.17, 15) is 9.59 Å². The van der Waals surface area contributed by atoms with E-state index in [0.29, 0.717) is 11.7 Å². The molecule has 23 heavy (non-hydrogen) atoms. The highest BCUT2D eigenvalue weighted by molar-refractivity contribution is 7.22. The molecule has 1 saturated heterocycles. The predicted octanol–water partition coefficient (Wildman–Crippen LogP) is 3.19. The molecule has 3 rings (SSSR count). The Morgan fingerprint density at radius 2 is 2.13 bits per heavy atom. The molecule has 2 aromatic rings. The maximum Gasteiger partial charge on any atom is 0.231 e. The summed E-state index contributed by atoms with van der Waals surface area (Å²) in [6.45, 7) is 8.46. The minimum absolute atomic E-state index is 0.0394. The molecule has 1 fully saturated rings. The third-order valence-electron chi connectivity index (χ3n) is 4.08. The highest BCUT2D eigenvalue weighted by Crippen LogP contribution is 2.29. The summed E-state index contributed by atoms with van der Waals surface area (Å²) < 4.78 is 1.05. The van der Waals surface area contributed by atoms with Crippen molar-refractivity contribution in [2.45, 2.75) is 39.7 Å². The zero-order valence-corrected chi connectivity index (χ0v) is 14.7. The number of thiazole rings is 1. The van der Waals surface area contributed by atoms with Crippen molar-refractivity contribution < 1.29 is 9.59 Å². The van der Waals surface area contributed by atoms with Crippen LogP contribution in [0.4, 0.5) is 5.13 Å². The van der Waals surface area contributed by atoms with Crippen LogP contribution in [0.3, 0.4) is 0 Å². The fourth-order valence-electron chi connectivity index (χ4n) is 2.82. The number of benzene rings is 1. The van der Waals surface area contributed by atoms with E-state index in [0.717, 1.165) is 10.2 Å². The van der Waals surface area contributed by atoms with E-state index in [1.54, 1.807) is 4.90 Å². The summed E-state index contributed by atoms with van der Waals surface area (Å²) in [5.41, 5.74) is 1.80. The number of aryl methyl sites for hydroxylation is 1. The number of fused-ring (bicyclic) bond motifs is 1. The number of aromatic nitrogens is 1. The quantitative estimate of drug-likeness (QED) is 0.919. The summed E-state index contributed by atoms with van der Waals surface area (Å²) in [5, 5.41) is 3.47. The van der Waals surface area contributed by atoms with Gasteiger partial charge in [0.25, 0.3) is 0 Å². The van der Waals surface area contributed by atoms with Gasteiger partial charge in [-0.15, -0.1) is 0 Å². The van der Waals surface area contributed by atoms with Crippen LogP contribution in [0.25, 0.3) is 10.2 Å². The van der Waals surface area contributed by atoms with Gasteiger partial charge in [0.1, 0.15) is 0 Å². The number of hydrogen-bond donors (Lipinski definition) is 1. The molecule has 122 valence electrons. The molecule has 2 amide bonds. The molecule has 1 aromatic carbocycles. The first-order valence-corrected chi connectivity index (χ1v) is 8.54. The summed E-state index contributed by atoms with van der Waals surface area (Å²) in [6, 6.07) is 6.02. The molecule has 1 aliphatic rings. The maximum absolute atomic E-state index is 12.5. The highest BCUT2D eigenvalue weighted by Gasteiger charge is 2.39. The smallest absolute Gasteiger partial charge is 0.231 e. The van der Waals surface area contributed by atoms with Crippen LogP contribution >= 0.6 is 11.3 Å². The average molecular weight is 331 g/mol. The van der Waals surface area contributed by atoms with Crippen molar-refractivity contribution in [3.63, 3.8) is 0 Å². The summed E-state index contributed by atoms with van der Waals surface area (Å²) in [6.07, 6.45) is 0.271. The number of likely N-dealkylation sites (tertiary alicyclic amines) is 1. The third kappa shape index (κ3) is 3.22. The lowest BCUT2D eigenvalue weighted by Gasteiger charge is -2.31. The molecule has 0 aliphatic carbocycles. The Balaban J connectivity index is 1.72. The highest BCUT2D eigenvalue weighted by atomic mass is 32.1. The standard InChI is InChI=1S/C17H21N3O2S/c1-10-5-6-12-13(7-10)23-16(18-12)19-15(22)11-8-14(21)20(9-11)17(2,3)4/h5-7,11H,8-9H2,1-4H3,(H,18,19,22). The molecular formula is C17H21N3O2S. The molecule has 1 unspecified atom stereocenters. The Hall–Kier alpha value is -1.95. The molecule has 1 atom stereocenters. The minimum Gasteiger partial charge on any atom is -0.337 e. The van der Waals surface area contributed by atoms with Crippen LogP contribution < -0.4 is 5.32 Å². The number of anilines is 1. The van der Waals surface area contributed by atoms with Gasteiger partial charge in [-0.25, -0.2) is 4.98 Å². The lowest BCUT2D eigenvalue weighted by molar-refractivity contribution is -0.131. The lowest BCUT2D eigenvalue weighted by Crippen LogP contribution is -2.42. The van der Waals surface area contributed by atoms with Crippen LogP contribution in [0, 0.1) is 12.8 Å². The largest absolute Gasteiger partial charge is 0.337 e. The number of carbonyl (C=O) groups is 2. The number of nitrogens with zero attached hydrogens (tertiary/aromatic N) is 2. The minimum atomic E-state index is -0.310. The van der Waals surface area contributed by atoms with Crippen molar-refractivity contribution in [2.75, 3.05) is 11.9 Å². The van der Waals surface area contributed by atoms with Crippen LogP contribution in [-0.4, -0.2) is 33.8 Å². The van der Waals surface area contributed by atoms with Crippen molar-refractivity contribution in [3.8, 4) is 0 Å². The predicted molar refractivity (Wildman–Crippen MR) is 92.6 cm³/mol. The van der Waals surface area contributed by atoms with Gasteiger partial charge in [-0.05, 0) is 45.4 Å². The molecule has 0 spiro atoms. The van der Waals surface area contributed by atoms with E-state index in [1.807, 2.05) is 39.8 Å². The molecule has 6 heteroatoms. The monoisotopic (exact) mass is 331 g/mol. The van der Waals surface area contributed by atoms with Gasteiger partial charge in [0.2, 0.25) is 11.8 Å². The third-order valence-corrected chi connectivity index (χ3v) is 5.01. The SMILES string of the molecule is Cc1ccc2nc(NC(=O)C3CC(=O)N(C(C)(C)C)C3)sc2c1. The van der Waals surface area contributed by atoms with E-state index in [-0.39, 0.29) is 29.7 Å². The average Bonchev–Trinajstić information content (AvgIpc) is 3.00. The lowest BCUT2D eigenvalue weighted by atomic mass is 10.1. The first-order valence-electron chi connectivity index (χ1n) is 7.72. The number of rotatable bonds is 2.